The van der Waals surface area contributed by atoms with E-state index in [1.807, 2.05) is 45.0 Å². The highest BCUT2D eigenvalue weighted by atomic mass is 16.5. The molecule has 165 valence electrons. The van der Waals surface area contributed by atoms with Crippen molar-refractivity contribution in [3.05, 3.63) is 60.3 Å². The van der Waals surface area contributed by atoms with Crippen molar-refractivity contribution in [2.75, 3.05) is 11.6 Å². The molecule has 2 amide bonds. The van der Waals surface area contributed by atoms with Gasteiger partial charge in [-0.2, -0.15) is 0 Å². The van der Waals surface area contributed by atoms with Crippen molar-refractivity contribution in [2.45, 2.75) is 33.6 Å². The Kier molecular flexibility index (Phi) is 7.84. The molecule has 1 saturated heterocycles. The second kappa shape index (κ2) is 10.8. The van der Waals surface area contributed by atoms with Crippen LogP contribution < -0.4 is 20.6 Å². The number of pyridine rings is 1. The molecule has 1 atom stereocenters. The molecule has 32 heavy (non-hydrogen) atoms. The van der Waals surface area contributed by atoms with E-state index in [9.17, 15) is 9.59 Å². The van der Waals surface area contributed by atoms with Gasteiger partial charge >= 0.3 is 7.48 Å². The van der Waals surface area contributed by atoms with Gasteiger partial charge in [-0.05, 0) is 42.7 Å². The summed E-state index contributed by atoms with van der Waals surface area (Å²) >= 11 is 0. The Morgan fingerprint density at radius 2 is 1.88 bits per heavy atom. The van der Waals surface area contributed by atoms with Crippen LogP contribution in [0.2, 0.25) is 0 Å². The number of anilines is 1. The Bertz CT molecular complexity index is 1090. The second-order valence-electron chi connectivity index (χ2n) is 7.10. The van der Waals surface area contributed by atoms with Gasteiger partial charge in [0.25, 0.3) is 11.8 Å². The molecular formula is C24H27BN3O4. The minimum absolute atomic E-state index is 0.264. The second-order valence-corrected chi connectivity index (χ2v) is 7.10. The van der Waals surface area contributed by atoms with E-state index in [1.54, 1.807) is 30.5 Å². The van der Waals surface area contributed by atoms with E-state index in [1.165, 1.54) is 5.01 Å². The molecule has 0 spiro atoms. The standard InChI is InChI=1S/C22H21BN3O4.C2H6/c1-2-12-30-19-10-5-14(17-4-3-11-24-20(17)19)13-18-21(27)25-26(22(18)28)16-8-6-15(23-29)7-9-16;1-2/h3-11,18,29H,2,12-13H2,1H3,(H,25,27);1-2H3. The summed E-state index contributed by atoms with van der Waals surface area (Å²) in [6, 6.07) is 14.2. The fraction of sp³-hybridized carbons (Fsp3) is 0.292. The summed E-state index contributed by atoms with van der Waals surface area (Å²) in [5.74, 6) is -0.800. The zero-order valence-electron chi connectivity index (χ0n) is 18.5. The number of fused-ring (bicyclic) bond motifs is 1. The number of nitrogens with zero attached hydrogens (tertiary/aromatic N) is 2. The van der Waals surface area contributed by atoms with Crippen molar-refractivity contribution in [3.63, 3.8) is 0 Å². The minimum Gasteiger partial charge on any atom is -0.491 e. The molecule has 1 aromatic heterocycles. The lowest BCUT2D eigenvalue weighted by Gasteiger charge is -2.16. The molecule has 4 rings (SSSR count). The Morgan fingerprint density at radius 3 is 2.56 bits per heavy atom. The van der Waals surface area contributed by atoms with E-state index in [-0.39, 0.29) is 18.2 Å². The monoisotopic (exact) mass is 432 g/mol. The van der Waals surface area contributed by atoms with Gasteiger partial charge in [0, 0.05) is 11.6 Å². The summed E-state index contributed by atoms with van der Waals surface area (Å²) < 4.78 is 5.79. The van der Waals surface area contributed by atoms with Gasteiger partial charge in [-0.1, -0.05) is 50.5 Å². The molecule has 2 aromatic carbocycles. The molecule has 2 N–H and O–H groups in total. The first-order valence-corrected chi connectivity index (χ1v) is 10.8. The van der Waals surface area contributed by atoms with Crippen molar-refractivity contribution >= 4 is 41.3 Å². The van der Waals surface area contributed by atoms with Crippen molar-refractivity contribution in [3.8, 4) is 5.75 Å². The highest BCUT2D eigenvalue weighted by Gasteiger charge is 2.40. The lowest BCUT2D eigenvalue weighted by molar-refractivity contribution is -0.127. The Labute approximate surface area is 188 Å². The number of ether oxygens (including phenoxy) is 1. The number of amides is 2. The van der Waals surface area contributed by atoms with E-state index in [0.717, 1.165) is 30.4 Å². The molecule has 1 aliphatic heterocycles. The van der Waals surface area contributed by atoms with Crippen LogP contribution in [-0.4, -0.2) is 35.9 Å². The molecule has 3 aromatic rings. The summed E-state index contributed by atoms with van der Waals surface area (Å²) in [4.78, 5) is 30.0. The highest BCUT2D eigenvalue weighted by Crippen LogP contribution is 2.30. The van der Waals surface area contributed by atoms with Crippen molar-refractivity contribution in [1.82, 2.24) is 10.4 Å². The molecule has 7 nitrogen and oxygen atoms in total. The van der Waals surface area contributed by atoms with Crippen LogP contribution >= 0.6 is 0 Å². The molecule has 0 saturated carbocycles. The Hall–Kier alpha value is -3.39. The summed E-state index contributed by atoms with van der Waals surface area (Å²) in [5, 5.41) is 11.2. The van der Waals surface area contributed by atoms with Gasteiger partial charge in [-0.3, -0.25) is 20.0 Å². The number of hydrazine groups is 1. The minimum atomic E-state index is -0.833. The van der Waals surface area contributed by atoms with Gasteiger partial charge in [0.2, 0.25) is 0 Å². The maximum atomic E-state index is 13.0. The zero-order chi connectivity index (χ0) is 23.1. The highest BCUT2D eigenvalue weighted by molar-refractivity contribution is 6.45. The summed E-state index contributed by atoms with van der Waals surface area (Å²) in [6.07, 6.45) is 2.85. The quantitative estimate of drug-likeness (QED) is 0.442. The smallest absolute Gasteiger partial charge is 0.326 e. The van der Waals surface area contributed by atoms with Gasteiger partial charge in [0.1, 0.15) is 17.2 Å². The van der Waals surface area contributed by atoms with Crippen LogP contribution in [0.15, 0.2) is 54.7 Å². The van der Waals surface area contributed by atoms with Gasteiger partial charge in [-0.15, -0.1) is 0 Å². The van der Waals surface area contributed by atoms with Crippen LogP contribution in [0.25, 0.3) is 10.9 Å². The first-order valence-electron chi connectivity index (χ1n) is 10.8. The van der Waals surface area contributed by atoms with Crippen molar-refractivity contribution in [2.24, 2.45) is 5.92 Å². The fourth-order valence-corrected chi connectivity index (χ4v) is 3.52. The number of nitrogens with one attached hydrogen (secondary N) is 1. The van der Waals surface area contributed by atoms with E-state index in [0.29, 0.717) is 23.5 Å². The Balaban J connectivity index is 0.00000141. The van der Waals surface area contributed by atoms with Crippen LogP contribution in [0.4, 0.5) is 5.69 Å². The van der Waals surface area contributed by atoms with Crippen LogP contribution in [0.5, 0.6) is 5.75 Å². The largest absolute Gasteiger partial charge is 0.491 e. The molecule has 1 aliphatic rings. The number of carbonyl (C=O) groups excluding carboxylic acids is 2. The van der Waals surface area contributed by atoms with E-state index < -0.39 is 5.92 Å². The topological polar surface area (TPSA) is 91.8 Å². The van der Waals surface area contributed by atoms with Gasteiger partial charge in [-0.25, -0.2) is 5.01 Å². The van der Waals surface area contributed by atoms with E-state index in [4.69, 9.17) is 9.76 Å². The predicted octanol–water partition coefficient (Wildman–Crippen LogP) is 2.52. The first-order chi connectivity index (χ1) is 15.6. The summed E-state index contributed by atoms with van der Waals surface area (Å²) in [7, 11) is 0.976. The lowest BCUT2D eigenvalue weighted by Crippen LogP contribution is -2.36. The average Bonchev–Trinajstić information content (AvgIpc) is 3.13. The fourth-order valence-electron chi connectivity index (χ4n) is 3.52. The van der Waals surface area contributed by atoms with E-state index >= 15 is 0 Å². The molecule has 0 aliphatic carbocycles. The third-order valence-corrected chi connectivity index (χ3v) is 5.07. The molecule has 1 fully saturated rings. The maximum absolute atomic E-state index is 13.0. The number of carbonyl (C=O) groups is 2. The number of hydrogen-bond donors (Lipinski definition) is 2. The zero-order valence-corrected chi connectivity index (χ0v) is 18.5. The SMILES string of the molecule is CC.CCCOc1ccc(CC2C(=O)NN(c3ccc([B]O)cc3)C2=O)c2cccnc12. The lowest BCUT2D eigenvalue weighted by atomic mass is 9.89. The first kappa shape index (κ1) is 23.3. The normalized spacial score (nSPS) is 15.2. The van der Waals surface area contributed by atoms with Crippen molar-refractivity contribution in [1.29, 1.82) is 0 Å². The van der Waals surface area contributed by atoms with Crippen molar-refractivity contribution < 1.29 is 19.3 Å². The third kappa shape index (κ3) is 4.75. The number of aromatic nitrogens is 1. The number of rotatable bonds is 7. The van der Waals surface area contributed by atoms with Gasteiger partial charge < -0.3 is 9.76 Å². The van der Waals surface area contributed by atoms with Crippen LogP contribution in [-0.2, 0) is 16.0 Å². The van der Waals surface area contributed by atoms with Gasteiger partial charge in [0.05, 0.1) is 12.3 Å². The maximum Gasteiger partial charge on any atom is 0.326 e. The molecule has 1 unspecified atom stereocenters. The Morgan fingerprint density at radius 1 is 1.12 bits per heavy atom. The molecule has 2 heterocycles. The molecule has 8 heteroatoms. The van der Waals surface area contributed by atoms with E-state index in [2.05, 4.69) is 10.4 Å². The average molecular weight is 432 g/mol. The molecular weight excluding hydrogens is 405 g/mol. The molecule has 1 radical (unpaired) electrons. The van der Waals surface area contributed by atoms with Crippen LogP contribution in [0.1, 0.15) is 32.8 Å². The number of benzene rings is 2. The van der Waals surface area contributed by atoms with Crippen LogP contribution in [0.3, 0.4) is 0 Å². The number of hydrogen-bond acceptors (Lipinski definition) is 5. The predicted molar refractivity (Wildman–Crippen MR) is 126 cm³/mol. The van der Waals surface area contributed by atoms with Crippen LogP contribution in [0, 0.1) is 5.92 Å². The summed E-state index contributed by atoms with van der Waals surface area (Å²) in [6.45, 7) is 6.63. The third-order valence-electron chi connectivity index (χ3n) is 5.07. The molecule has 0 bridgehead atoms. The summed E-state index contributed by atoms with van der Waals surface area (Å²) in [5.41, 5.74) is 5.38. The van der Waals surface area contributed by atoms with Gasteiger partial charge in [0.15, 0.2) is 0 Å².